The lowest BCUT2D eigenvalue weighted by molar-refractivity contribution is -0.138. The summed E-state index contributed by atoms with van der Waals surface area (Å²) in [6.45, 7) is 23.6. The second-order valence-corrected chi connectivity index (χ2v) is 17.2. The van der Waals surface area contributed by atoms with Crippen molar-refractivity contribution in [3.8, 4) is 22.7 Å². The fourth-order valence-electron chi connectivity index (χ4n) is 8.09. The van der Waals surface area contributed by atoms with E-state index < -0.39 is 11.7 Å². The van der Waals surface area contributed by atoms with Gasteiger partial charge in [0.15, 0.2) is 11.4 Å². The van der Waals surface area contributed by atoms with Gasteiger partial charge in [-0.25, -0.2) is 9.97 Å². The van der Waals surface area contributed by atoms with E-state index >= 15 is 0 Å². The van der Waals surface area contributed by atoms with Crippen molar-refractivity contribution >= 4 is 28.5 Å². The van der Waals surface area contributed by atoms with Crippen molar-refractivity contribution in [2.45, 2.75) is 106 Å². The lowest BCUT2D eigenvalue weighted by Crippen LogP contribution is -2.61. The second kappa shape index (κ2) is 13.3. The number of carbonyl (C=O) groups is 2. The average molecular weight is 704 g/mol. The van der Waals surface area contributed by atoms with Gasteiger partial charge in [-0.2, -0.15) is 0 Å². The number of likely N-dealkylation sites (tertiary alicyclic amines) is 2. The molecule has 0 spiro atoms. The van der Waals surface area contributed by atoms with Crippen LogP contribution in [-0.4, -0.2) is 75.0 Å². The molecule has 2 aromatic carbocycles. The van der Waals surface area contributed by atoms with Crippen molar-refractivity contribution in [1.82, 2.24) is 19.8 Å². The second-order valence-electron chi connectivity index (χ2n) is 17.2. The van der Waals surface area contributed by atoms with Crippen molar-refractivity contribution < 1.29 is 18.7 Å². The average Bonchev–Trinajstić information content (AvgIpc) is 3.64. The van der Waals surface area contributed by atoms with Gasteiger partial charge in [-0.3, -0.25) is 19.5 Å². The van der Waals surface area contributed by atoms with Crippen molar-refractivity contribution in [3.63, 3.8) is 0 Å². The first-order valence-corrected chi connectivity index (χ1v) is 18.8. The number of fused-ring (bicyclic) bond motifs is 2. The molecule has 4 aromatic rings. The molecule has 0 N–H and O–H groups in total. The maximum Gasteiger partial charge on any atom is 0.246 e. The maximum atomic E-state index is 13.2. The van der Waals surface area contributed by atoms with Gasteiger partial charge < -0.3 is 14.1 Å². The monoisotopic (exact) mass is 703 g/mol. The summed E-state index contributed by atoms with van der Waals surface area (Å²) in [5.41, 5.74) is 9.18. The summed E-state index contributed by atoms with van der Waals surface area (Å²) in [6.07, 6.45) is 1.25. The molecule has 2 saturated heterocycles. The highest BCUT2D eigenvalue weighted by Crippen LogP contribution is 2.46. The molecular weight excluding hydrogens is 651 g/mol. The topological polar surface area (TPSA) is 101 Å². The van der Waals surface area contributed by atoms with Crippen LogP contribution < -0.4 is 0 Å². The van der Waals surface area contributed by atoms with E-state index in [9.17, 15) is 9.59 Å². The number of amides is 1. The Morgan fingerprint density at radius 1 is 0.923 bits per heavy atom. The van der Waals surface area contributed by atoms with Gasteiger partial charge in [-0.05, 0) is 96.1 Å². The van der Waals surface area contributed by atoms with Crippen molar-refractivity contribution in [2.24, 2.45) is 16.3 Å². The normalized spacial score (nSPS) is 19.5. The molecular formula is C43H53N5O4. The van der Waals surface area contributed by atoms with Crippen LogP contribution in [0, 0.1) is 25.2 Å². The van der Waals surface area contributed by atoms with E-state index in [1.165, 1.54) is 0 Å². The number of hydrogen-bond acceptors (Lipinski definition) is 8. The number of Topliss-reactive ketones (excluding diaryl/α,β-unsaturated/α-hetero) is 1. The number of aromatic nitrogens is 2. The number of piperidine rings is 1. The van der Waals surface area contributed by atoms with Crippen LogP contribution in [0.4, 0.5) is 0 Å². The third kappa shape index (κ3) is 6.85. The van der Waals surface area contributed by atoms with E-state index in [-0.39, 0.29) is 23.1 Å². The van der Waals surface area contributed by atoms with Gasteiger partial charge in [0.1, 0.15) is 17.3 Å². The molecule has 2 fully saturated rings. The number of oxazole rings is 1. The molecule has 1 amide bonds. The molecule has 5 heterocycles. The van der Waals surface area contributed by atoms with Gasteiger partial charge in [0, 0.05) is 48.7 Å². The number of rotatable bonds is 7. The highest BCUT2D eigenvalue weighted by Gasteiger charge is 2.41. The molecule has 2 atom stereocenters. The van der Waals surface area contributed by atoms with E-state index in [4.69, 9.17) is 24.1 Å². The van der Waals surface area contributed by atoms with Crippen molar-refractivity contribution in [1.29, 1.82) is 0 Å². The molecule has 7 rings (SSSR count). The summed E-state index contributed by atoms with van der Waals surface area (Å²) < 4.78 is 13.2. The van der Waals surface area contributed by atoms with Gasteiger partial charge in [-0.1, -0.05) is 56.7 Å². The van der Waals surface area contributed by atoms with Crippen LogP contribution in [0.2, 0.25) is 0 Å². The predicted molar refractivity (Wildman–Crippen MR) is 205 cm³/mol. The number of nitrogens with zero attached hydrogens (tertiary/aromatic N) is 5. The minimum Gasteiger partial charge on any atom is -0.434 e. The van der Waals surface area contributed by atoms with Crippen LogP contribution in [0.3, 0.4) is 0 Å². The summed E-state index contributed by atoms with van der Waals surface area (Å²) in [4.78, 5) is 45.2. The minimum atomic E-state index is -0.774. The SMILES string of the molecule is CC(=O)C(OC(C)(C)C)c1c(C)cc2nc(-c3ccc4c(n3)C(C3CCN(C5CN(C(C)=O)C5)CC3)=NC4C(C)(C)C)oc2c1-c1ccc(C)cc1. The van der Waals surface area contributed by atoms with E-state index in [1.54, 1.807) is 13.8 Å². The van der Waals surface area contributed by atoms with Crippen LogP contribution >= 0.6 is 0 Å². The molecule has 2 aromatic heterocycles. The molecule has 274 valence electrons. The van der Waals surface area contributed by atoms with Crippen LogP contribution in [0.5, 0.6) is 0 Å². The lowest BCUT2D eigenvalue weighted by Gasteiger charge is -2.47. The van der Waals surface area contributed by atoms with Crippen LogP contribution in [0.1, 0.15) is 108 Å². The van der Waals surface area contributed by atoms with E-state index in [0.717, 1.165) is 83.8 Å². The molecule has 0 saturated carbocycles. The highest BCUT2D eigenvalue weighted by atomic mass is 16.5. The first-order valence-electron chi connectivity index (χ1n) is 18.8. The predicted octanol–water partition coefficient (Wildman–Crippen LogP) is 8.45. The molecule has 3 aliphatic rings. The quantitative estimate of drug-likeness (QED) is 0.190. The number of ether oxygens (including phenoxy) is 1. The zero-order chi connectivity index (χ0) is 37.3. The van der Waals surface area contributed by atoms with Gasteiger partial charge >= 0.3 is 0 Å². The molecule has 3 aliphatic heterocycles. The molecule has 0 aliphatic carbocycles. The Bertz CT molecular complexity index is 2050. The molecule has 0 bridgehead atoms. The zero-order valence-electron chi connectivity index (χ0n) is 32.5. The largest absolute Gasteiger partial charge is 0.434 e. The first-order chi connectivity index (χ1) is 24.5. The summed E-state index contributed by atoms with van der Waals surface area (Å²) in [5.74, 6) is 0.839. The minimum absolute atomic E-state index is 0.0150. The van der Waals surface area contributed by atoms with Gasteiger partial charge in [0.2, 0.25) is 11.8 Å². The molecule has 52 heavy (non-hydrogen) atoms. The molecule has 9 heteroatoms. The third-order valence-electron chi connectivity index (χ3n) is 10.9. The molecule has 2 unspecified atom stereocenters. The van der Waals surface area contributed by atoms with Gasteiger partial charge in [0.05, 0.1) is 23.0 Å². The summed E-state index contributed by atoms with van der Waals surface area (Å²) in [5, 5.41) is 0. The fraction of sp³-hybridized carbons (Fsp3) is 0.512. The number of benzene rings is 2. The Balaban J connectivity index is 1.28. The van der Waals surface area contributed by atoms with Gasteiger partial charge in [-0.15, -0.1) is 0 Å². The molecule has 9 nitrogen and oxygen atoms in total. The Hall–Kier alpha value is -4.21. The van der Waals surface area contributed by atoms with Crippen LogP contribution in [-0.2, 0) is 14.3 Å². The Kier molecular flexibility index (Phi) is 9.27. The Morgan fingerprint density at radius 2 is 1.60 bits per heavy atom. The highest BCUT2D eigenvalue weighted by molar-refractivity contribution is 6.05. The summed E-state index contributed by atoms with van der Waals surface area (Å²) >= 11 is 0. The molecule has 0 radical (unpaired) electrons. The number of pyridine rings is 1. The fourth-order valence-corrected chi connectivity index (χ4v) is 8.09. The number of ketones is 1. The Labute approximate surface area is 307 Å². The number of aryl methyl sites for hydroxylation is 2. The van der Waals surface area contributed by atoms with E-state index in [1.807, 2.05) is 44.7 Å². The third-order valence-corrected chi connectivity index (χ3v) is 10.9. The Morgan fingerprint density at radius 3 is 2.19 bits per heavy atom. The van der Waals surface area contributed by atoms with Crippen LogP contribution in [0.25, 0.3) is 33.8 Å². The van der Waals surface area contributed by atoms with Gasteiger partial charge in [0.25, 0.3) is 0 Å². The van der Waals surface area contributed by atoms with E-state index in [2.05, 4.69) is 62.9 Å². The smallest absolute Gasteiger partial charge is 0.246 e. The summed E-state index contributed by atoms with van der Waals surface area (Å²) in [7, 11) is 0. The van der Waals surface area contributed by atoms with E-state index in [0.29, 0.717) is 34.6 Å². The van der Waals surface area contributed by atoms with Crippen molar-refractivity contribution in [3.05, 3.63) is 70.4 Å². The first kappa shape index (κ1) is 36.2. The standard InChI is InChI=1S/C43H53N5O4/c1-24-11-13-28(14-12-24)35-34(38(26(3)49)52-43(8,9)10)25(2)21-33-39(35)51-41(45-33)32-16-15-31-37(44-32)36(46-40(31)42(5,6)7)29-17-19-47(20-18-29)30-22-48(23-30)27(4)50/h11-16,21,29-30,38,40H,17-20,22-23H2,1-10H3. The lowest BCUT2D eigenvalue weighted by atomic mass is 9.83. The van der Waals surface area contributed by atoms with Crippen LogP contribution in [0.15, 0.2) is 51.9 Å². The number of carbonyl (C=O) groups excluding carboxylic acids is 2. The summed E-state index contributed by atoms with van der Waals surface area (Å²) in [6, 6.07) is 14.9. The maximum absolute atomic E-state index is 13.2. The zero-order valence-corrected chi connectivity index (χ0v) is 32.5. The number of hydrogen-bond donors (Lipinski definition) is 0. The number of aliphatic imine (C=N–C) groups is 1. The van der Waals surface area contributed by atoms with Crippen molar-refractivity contribution in [2.75, 3.05) is 26.2 Å².